The molecule has 2 atom stereocenters. The van der Waals surface area contributed by atoms with Crippen LogP contribution in [-0.2, 0) is 29.2 Å². The van der Waals surface area contributed by atoms with E-state index < -0.39 is 39.3 Å². The molecule has 3 aromatic carbocycles. The predicted octanol–water partition coefficient (Wildman–Crippen LogP) is 5.95. The van der Waals surface area contributed by atoms with Gasteiger partial charge in [-0.15, -0.1) is 0 Å². The highest BCUT2D eigenvalue weighted by atomic mass is 32.2. The number of benzene rings is 3. The van der Waals surface area contributed by atoms with Crippen LogP contribution in [0.4, 0.5) is 32.0 Å². The molecule has 0 aliphatic rings. The number of hydrogen-bond donors (Lipinski definition) is 3. The molecule has 0 spiro atoms. The number of aromatic nitrogens is 1. The van der Waals surface area contributed by atoms with Gasteiger partial charge in [-0.05, 0) is 72.5 Å². The van der Waals surface area contributed by atoms with E-state index in [9.17, 15) is 49.8 Å². The summed E-state index contributed by atoms with van der Waals surface area (Å²) in [6.07, 6.45) is -5.29. The number of rotatable bonds is 11. The molecule has 0 aliphatic carbocycles. The standard InChI is InChI=1S/C30H29F6N3O5S/c1-18(37-16-27(40)21-6-4-7-23(14-21)29(31,32)33)11-19-9-10-25-22(12-19)15-26(28(41)42)39(25)17-20-5-3-8-24(13-20)38(2)45(43,44)30(34,35)36/h3-10,12-15,18,27,37,40H,11,16-17H2,1-2H3,(H,41,42). The summed E-state index contributed by atoms with van der Waals surface area (Å²) in [4.78, 5) is 12.1. The van der Waals surface area contributed by atoms with Gasteiger partial charge >= 0.3 is 27.7 Å². The third kappa shape index (κ3) is 7.60. The number of nitrogens with zero attached hydrogens (tertiary/aromatic N) is 2. The van der Waals surface area contributed by atoms with Crippen LogP contribution < -0.4 is 9.62 Å². The Morgan fingerprint density at radius 3 is 2.29 bits per heavy atom. The Balaban J connectivity index is 1.50. The molecule has 45 heavy (non-hydrogen) atoms. The zero-order chi connectivity index (χ0) is 33.3. The maximum atomic E-state index is 13.1. The fraction of sp³-hybridized carbons (Fsp3) is 0.300. The molecular formula is C30H29F6N3O5S. The van der Waals surface area contributed by atoms with Crippen molar-refractivity contribution >= 4 is 32.6 Å². The molecule has 0 radical (unpaired) electrons. The second-order valence-electron chi connectivity index (χ2n) is 10.6. The number of aromatic carboxylic acids is 1. The van der Waals surface area contributed by atoms with Gasteiger partial charge < -0.3 is 20.1 Å². The monoisotopic (exact) mass is 657 g/mol. The molecule has 0 aliphatic heterocycles. The second-order valence-corrected chi connectivity index (χ2v) is 12.5. The molecular weight excluding hydrogens is 628 g/mol. The summed E-state index contributed by atoms with van der Waals surface area (Å²) in [5.41, 5.74) is -4.92. The maximum Gasteiger partial charge on any atom is 0.516 e. The van der Waals surface area contributed by atoms with E-state index >= 15 is 0 Å². The van der Waals surface area contributed by atoms with Crippen LogP contribution in [0.5, 0.6) is 0 Å². The van der Waals surface area contributed by atoms with Crippen molar-refractivity contribution in [3.63, 3.8) is 0 Å². The van der Waals surface area contributed by atoms with Crippen LogP contribution in [0, 0.1) is 0 Å². The smallest absolute Gasteiger partial charge is 0.477 e. The number of fused-ring (bicyclic) bond motifs is 1. The Kier molecular flexibility index (Phi) is 9.56. The summed E-state index contributed by atoms with van der Waals surface area (Å²) in [7, 11) is -4.86. The number of sulfonamides is 1. The molecule has 0 amide bonds. The lowest BCUT2D eigenvalue weighted by atomic mass is 10.0. The van der Waals surface area contributed by atoms with E-state index in [2.05, 4.69) is 5.32 Å². The van der Waals surface area contributed by atoms with Gasteiger partial charge in [0.2, 0.25) is 0 Å². The zero-order valence-corrected chi connectivity index (χ0v) is 24.7. The highest BCUT2D eigenvalue weighted by Crippen LogP contribution is 2.32. The Labute approximate surface area is 254 Å². The van der Waals surface area contributed by atoms with E-state index in [4.69, 9.17) is 0 Å². The lowest BCUT2D eigenvalue weighted by molar-refractivity contribution is -0.137. The molecule has 0 fully saturated rings. The van der Waals surface area contributed by atoms with E-state index in [1.165, 1.54) is 47.0 Å². The third-order valence-corrected chi connectivity index (χ3v) is 8.77. The fourth-order valence-corrected chi connectivity index (χ4v) is 5.60. The van der Waals surface area contributed by atoms with Crippen LogP contribution in [0.1, 0.15) is 45.8 Å². The van der Waals surface area contributed by atoms with Crippen molar-refractivity contribution in [2.45, 2.75) is 43.7 Å². The minimum absolute atomic E-state index is 0.0111. The Morgan fingerprint density at radius 2 is 1.64 bits per heavy atom. The van der Waals surface area contributed by atoms with E-state index in [1.807, 2.05) is 6.92 Å². The first kappa shape index (κ1) is 33.8. The largest absolute Gasteiger partial charge is 0.516 e. The molecule has 4 rings (SSSR count). The van der Waals surface area contributed by atoms with E-state index in [0.29, 0.717) is 22.9 Å². The van der Waals surface area contributed by atoms with Gasteiger partial charge in [0.1, 0.15) is 5.69 Å². The van der Waals surface area contributed by atoms with Crippen LogP contribution in [0.2, 0.25) is 0 Å². The molecule has 3 N–H and O–H groups in total. The molecule has 8 nitrogen and oxygen atoms in total. The van der Waals surface area contributed by atoms with Crippen LogP contribution >= 0.6 is 0 Å². The van der Waals surface area contributed by atoms with Gasteiger partial charge in [-0.1, -0.05) is 30.3 Å². The molecule has 242 valence electrons. The molecule has 1 aromatic heterocycles. The van der Waals surface area contributed by atoms with Gasteiger partial charge in [-0.3, -0.25) is 4.31 Å². The number of nitrogens with one attached hydrogen (secondary N) is 1. The number of anilines is 1. The number of aliphatic hydroxyl groups is 1. The average Bonchev–Trinajstić information content (AvgIpc) is 3.32. The minimum atomic E-state index is -5.64. The van der Waals surface area contributed by atoms with Gasteiger partial charge in [0.05, 0.1) is 17.4 Å². The first-order chi connectivity index (χ1) is 20.9. The van der Waals surface area contributed by atoms with E-state index in [0.717, 1.165) is 24.7 Å². The van der Waals surface area contributed by atoms with Crippen molar-refractivity contribution in [2.75, 3.05) is 17.9 Å². The SMILES string of the molecule is CC(Cc1ccc2c(c1)cc(C(=O)O)n2Cc1cccc(N(C)S(=O)(=O)C(F)(F)F)c1)NCC(O)c1cccc(C(F)(F)F)c1. The number of carbonyl (C=O) groups is 1. The van der Waals surface area contributed by atoms with Crippen molar-refractivity contribution in [3.8, 4) is 0 Å². The Hall–Kier alpha value is -4.08. The Bertz CT molecular complexity index is 1800. The van der Waals surface area contributed by atoms with E-state index in [1.54, 1.807) is 18.2 Å². The van der Waals surface area contributed by atoms with Crippen molar-refractivity contribution in [2.24, 2.45) is 0 Å². The Morgan fingerprint density at radius 1 is 0.956 bits per heavy atom. The van der Waals surface area contributed by atoms with Gasteiger partial charge in [0, 0.05) is 37.1 Å². The summed E-state index contributed by atoms with van der Waals surface area (Å²) in [6, 6.07) is 16.2. The van der Waals surface area contributed by atoms with Crippen molar-refractivity contribution < 1.29 is 49.8 Å². The molecule has 1 heterocycles. The lowest BCUT2D eigenvalue weighted by Crippen LogP contribution is -2.38. The summed E-state index contributed by atoms with van der Waals surface area (Å²) in [6.45, 7) is 1.73. The average molecular weight is 658 g/mol. The number of halogens is 6. The topological polar surface area (TPSA) is 112 Å². The van der Waals surface area contributed by atoms with Crippen molar-refractivity contribution in [3.05, 3.63) is 101 Å². The van der Waals surface area contributed by atoms with Gasteiger partial charge in [-0.25, -0.2) is 4.79 Å². The highest BCUT2D eigenvalue weighted by molar-refractivity contribution is 7.93. The second kappa shape index (κ2) is 12.7. The van der Waals surface area contributed by atoms with Gasteiger partial charge in [0.15, 0.2) is 0 Å². The number of carboxylic acid groups (broad SMARTS) is 1. The quantitative estimate of drug-likeness (QED) is 0.172. The summed E-state index contributed by atoms with van der Waals surface area (Å²) in [5.74, 6) is -1.25. The molecule has 0 bridgehead atoms. The fourth-order valence-electron chi connectivity index (χ4n) is 4.90. The van der Waals surface area contributed by atoms with Crippen molar-refractivity contribution in [1.29, 1.82) is 0 Å². The number of hydrogen-bond acceptors (Lipinski definition) is 5. The lowest BCUT2D eigenvalue weighted by Gasteiger charge is -2.21. The summed E-state index contributed by atoms with van der Waals surface area (Å²) < 4.78 is 103. The van der Waals surface area contributed by atoms with Crippen LogP contribution in [0.3, 0.4) is 0 Å². The molecule has 0 saturated carbocycles. The van der Waals surface area contributed by atoms with Crippen molar-refractivity contribution in [1.82, 2.24) is 9.88 Å². The number of carboxylic acids is 1. The molecule has 2 unspecified atom stereocenters. The van der Waals surface area contributed by atoms with Crippen LogP contribution in [0.15, 0.2) is 72.8 Å². The van der Waals surface area contributed by atoms with Crippen LogP contribution in [-0.4, -0.2) is 54.3 Å². The first-order valence-corrected chi connectivity index (χ1v) is 14.9. The summed E-state index contributed by atoms with van der Waals surface area (Å²) in [5, 5.41) is 23.9. The maximum absolute atomic E-state index is 13.1. The minimum Gasteiger partial charge on any atom is -0.477 e. The third-order valence-electron chi connectivity index (χ3n) is 7.25. The van der Waals surface area contributed by atoms with Crippen LogP contribution in [0.25, 0.3) is 10.9 Å². The number of alkyl halides is 6. The first-order valence-electron chi connectivity index (χ1n) is 13.5. The molecule has 15 heteroatoms. The number of aliphatic hydroxyl groups excluding tert-OH is 1. The molecule has 0 saturated heterocycles. The van der Waals surface area contributed by atoms with Gasteiger partial charge in [0.25, 0.3) is 0 Å². The highest BCUT2D eigenvalue weighted by Gasteiger charge is 2.49. The van der Waals surface area contributed by atoms with E-state index in [-0.39, 0.29) is 40.4 Å². The van der Waals surface area contributed by atoms with Gasteiger partial charge in [-0.2, -0.15) is 34.8 Å². The predicted molar refractivity (Wildman–Crippen MR) is 155 cm³/mol. The molecule has 4 aromatic rings. The summed E-state index contributed by atoms with van der Waals surface area (Å²) >= 11 is 0. The zero-order valence-electron chi connectivity index (χ0n) is 23.9. The normalized spacial score (nSPS) is 14.0.